The average Bonchev–Trinajstić information content (AvgIpc) is 2.68. The Morgan fingerprint density at radius 1 is 1.07 bits per heavy atom. The molecule has 10 heteroatoms. The minimum Gasteiger partial charge on any atom is -0.493 e. The number of anilines is 1. The van der Waals surface area contributed by atoms with Crippen LogP contribution in [0, 0.1) is 0 Å². The number of amides is 1. The monoisotopic (exact) mass is 442 g/mol. The Labute approximate surface area is 175 Å². The molecule has 0 heterocycles. The molecule has 2 rings (SSSR count). The second-order valence-corrected chi connectivity index (χ2v) is 8.36. The summed E-state index contributed by atoms with van der Waals surface area (Å²) < 4.78 is 41.2. The molecule has 0 fully saturated rings. The van der Waals surface area contributed by atoms with E-state index < -0.39 is 22.5 Å². The molecule has 8 nitrogen and oxygen atoms in total. The summed E-state index contributed by atoms with van der Waals surface area (Å²) in [6.45, 7) is -0.287. The highest BCUT2D eigenvalue weighted by Crippen LogP contribution is 2.39. The van der Waals surface area contributed by atoms with Crippen molar-refractivity contribution < 1.29 is 27.4 Å². The fraction of sp³-hybridized carbons (Fsp3) is 0.316. The van der Waals surface area contributed by atoms with E-state index in [2.05, 4.69) is 5.32 Å². The van der Waals surface area contributed by atoms with Crippen molar-refractivity contribution >= 4 is 33.2 Å². The van der Waals surface area contributed by atoms with Gasteiger partial charge in [0.15, 0.2) is 11.5 Å². The lowest BCUT2D eigenvalue weighted by molar-refractivity contribution is -0.119. The van der Waals surface area contributed by atoms with Crippen LogP contribution < -0.4 is 23.8 Å². The molecule has 0 atom stereocenters. The summed E-state index contributed by atoms with van der Waals surface area (Å²) in [6.07, 6.45) is 1.03. The van der Waals surface area contributed by atoms with Crippen molar-refractivity contribution in [3.63, 3.8) is 0 Å². The van der Waals surface area contributed by atoms with Crippen LogP contribution >= 0.6 is 11.6 Å². The maximum atomic E-state index is 12.5. The second-order valence-electron chi connectivity index (χ2n) is 6.02. The Balaban J connectivity index is 2.18. The maximum Gasteiger partial charge on any atom is 0.241 e. The number of nitrogens with zero attached hydrogens (tertiary/aromatic N) is 1. The van der Waals surface area contributed by atoms with Gasteiger partial charge in [0.2, 0.25) is 21.7 Å². The smallest absolute Gasteiger partial charge is 0.241 e. The average molecular weight is 443 g/mol. The van der Waals surface area contributed by atoms with Gasteiger partial charge in [0, 0.05) is 17.1 Å². The van der Waals surface area contributed by atoms with E-state index in [9.17, 15) is 13.2 Å². The number of halogens is 1. The normalized spacial score (nSPS) is 10.9. The number of hydrogen-bond acceptors (Lipinski definition) is 6. The number of nitrogens with one attached hydrogen (secondary N) is 1. The number of methoxy groups -OCH3 is 3. The standard InChI is InChI=1S/C19H23ClN2O6S/c1-26-16-9-8-13(18(27-2)19(16)28-3)11-21-17(23)12-22(29(4,24)25)15-7-5-6-14(20)10-15/h5-10H,11-12H2,1-4H3,(H,21,23). The van der Waals surface area contributed by atoms with Crippen molar-refractivity contribution in [1.29, 1.82) is 0 Å². The first-order valence-corrected chi connectivity index (χ1v) is 10.7. The van der Waals surface area contributed by atoms with Crippen LogP contribution in [0.4, 0.5) is 5.69 Å². The molecule has 0 aliphatic heterocycles. The predicted molar refractivity (Wildman–Crippen MR) is 112 cm³/mol. The number of ether oxygens (including phenoxy) is 3. The van der Waals surface area contributed by atoms with Crippen LogP contribution in [0.25, 0.3) is 0 Å². The first-order chi connectivity index (χ1) is 13.7. The van der Waals surface area contributed by atoms with Gasteiger partial charge in [-0.25, -0.2) is 8.42 Å². The molecule has 1 N–H and O–H groups in total. The van der Waals surface area contributed by atoms with E-state index >= 15 is 0 Å². The Hall–Kier alpha value is -2.65. The van der Waals surface area contributed by atoms with Gasteiger partial charge in [0.25, 0.3) is 0 Å². The van der Waals surface area contributed by atoms with Gasteiger partial charge < -0.3 is 19.5 Å². The molecule has 0 aliphatic rings. The molecule has 0 unspecified atom stereocenters. The molecule has 2 aromatic rings. The molecule has 0 aromatic heterocycles. The van der Waals surface area contributed by atoms with E-state index in [0.717, 1.165) is 10.6 Å². The molecule has 0 radical (unpaired) electrons. The van der Waals surface area contributed by atoms with Gasteiger partial charge in [-0.2, -0.15) is 0 Å². The summed E-state index contributed by atoms with van der Waals surface area (Å²) in [5.74, 6) is 0.816. The largest absolute Gasteiger partial charge is 0.493 e. The predicted octanol–water partition coefficient (Wildman–Crippen LogP) is 2.45. The van der Waals surface area contributed by atoms with E-state index in [1.54, 1.807) is 30.3 Å². The molecule has 0 spiro atoms. The van der Waals surface area contributed by atoms with Crippen molar-refractivity contribution in [3.05, 3.63) is 47.0 Å². The van der Waals surface area contributed by atoms with Crippen molar-refractivity contribution in [2.75, 3.05) is 38.4 Å². The van der Waals surface area contributed by atoms with Gasteiger partial charge in [-0.05, 0) is 30.3 Å². The fourth-order valence-electron chi connectivity index (χ4n) is 2.71. The molecule has 0 saturated carbocycles. The molecular weight excluding hydrogens is 420 g/mol. The number of rotatable bonds is 9. The minimum atomic E-state index is -3.69. The fourth-order valence-corrected chi connectivity index (χ4v) is 3.75. The molecule has 1 amide bonds. The van der Waals surface area contributed by atoms with Crippen LogP contribution in [0.5, 0.6) is 17.2 Å². The van der Waals surface area contributed by atoms with E-state index in [0.29, 0.717) is 33.5 Å². The maximum absolute atomic E-state index is 12.5. The van der Waals surface area contributed by atoms with Crippen LogP contribution in [0.3, 0.4) is 0 Å². The van der Waals surface area contributed by atoms with E-state index in [1.165, 1.54) is 27.4 Å². The van der Waals surface area contributed by atoms with Crippen LogP contribution in [0.1, 0.15) is 5.56 Å². The first-order valence-electron chi connectivity index (χ1n) is 8.49. The third-order valence-corrected chi connectivity index (χ3v) is 5.42. The Kier molecular flexibility index (Phi) is 7.58. The first kappa shape index (κ1) is 22.6. The van der Waals surface area contributed by atoms with Gasteiger partial charge in [-0.15, -0.1) is 0 Å². The highest BCUT2D eigenvalue weighted by molar-refractivity contribution is 7.92. The topological polar surface area (TPSA) is 94.2 Å². The quantitative estimate of drug-likeness (QED) is 0.641. The van der Waals surface area contributed by atoms with Gasteiger partial charge in [0.1, 0.15) is 6.54 Å². The summed E-state index contributed by atoms with van der Waals surface area (Å²) in [5, 5.41) is 3.06. The van der Waals surface area contributed by atoms with Gasteiger partial charge >= 0.3 is 0 Å². The zero-order valence-corrected chi connectivity index (χ0v) is 18.1. The summed E-state index contributed by atoms with van der Waals surface area (Å²) in [5.41, 5.74) is 0.950. The Bertz CT molecular complexity index is 981. The summed E-state index contributed by atoms with van der Waals surface area (Å²) in [7, 11) is 0.779. The lowest BCUT2D eigenvalue weighted by Crippen LogP contribution is -2.40. The zero-order valence-electron chi connectivity index (χ0n) is 16.6. The third kappa shape index (κ3) is 5.68. The van der Waals surface area contributed by atoms with Crippen LogP contribution in [-0.4, -0.2) is 48.5 Å². The molecule has 158 valence electrons. The Morgan fingerprint density at radius 2 is 1.76 bits per heavy atom. The lowest BCUT2D eigenvalue weighted by atomic mass is 10.1. The van der Waals surface area contributed by atoms with Crippen molar-refractivity contribution in [2.45, 2.75) is 6.54 Å². The van der Waals surface area contributed by atoms with Crippen LogP contribution in [0.2, 0.25) is 5.02 Å². The van der Waals surface area contributed by atoms with Gasteiger partial charge in [-0.1, -0.05) is 17.7 Å². The Morgan fingerprint density at radius 3 is 2.31 bits per heavy atom. The molecule has 29 heavy (non-hydrogen) atoms. The number of sulfonamides is 1. The second kappa shape index (κ2) is 9.71. The van der Waals surface area contributed by atoms with E-state index in [4.69, 9.17) is 25.8 Å². The summed E-state index contributed by atoms with van der Waals surface area (Å²) in [4.78, 5) is 12.5. The molecule has 2 aromatic carbocycles. The van der Waals surface area contributed by atoms with Crippen molar-refractivity contribution in [3.8, 4) is 17.2 Å². The van der Waals surface area contributed by atoms with Crippen molar-refractivity contribution in [2.24, 2.45) is 0 Å². The number of carbonyl (C=O) groups excluding carboxylic acids is 1. The zero-order chi connectivity index (χ0) is 21.6. The molecular formula is C19H23ClN2O6S. The summed E-state index contributed by atoms with van der Waals surface area (Å²) >= 11 is 5.95. The lowest BCUT2D eigenvalue weighted by Gasteiger charge is -2.22. The van der Waals surface area contributed by atoms with E-state index in [1.807, 2.05) is 0 Å². The van der Waals surface area contributed by atoms with Crippen molar-refractivity contribution in [1.82, 2.24) is 5.32 Å². The molecule has 0 bridgehead atoms. The number of carbonyl (C=O) groups is 1. The summed E-state index contributed by atoms with van der Waals surface area (Å²) in [6, 6.07) is 9.70. The van der Waals surface area contributed by atoms with E-state index in [-0.39, 0.29) is 6.54 Å². The SMILES string of the molecule is COc1ccc(CNC(=O)CN(c2cccc(Cl)c2)S(C)(=O)=O)c(OC)c1OC. The molecule has 0 saturated heterocycles. The van der Waals surface area contributed by atoms with Gasteiger partial charge in [0.05, 0.1) is 33.3 Å². The highest BCUT2D eigenvalue weighted by atomic mass is 35.5. The van der Waals surface area contributed by atoms with Crippen LogP contribution in [0.15, 0.2) is 36.4 Å². The van der Waals surface area contributed by atoms with Gasteiger partial charge in [-0.3, -0.25) is 9.10 Å². The molecule has 0 aliphatic carbocycles. The highest BCUT2D eigenvalue weighted by Gasteiger charge is 2.22. The number of hydrogen-bond donors (Lipinski definition) is 1. The number of benzene rings is 2. The van der Waals surface area contributed by atoms with Crippen LogP contribution in [-0.2, 0) is 21.4 Å². The third-order valence-electron chi connectivity index (χ3n) is 4.05. The minimum absolute atomic E-state index is 0.107.